The van der Waals surface area contributed by atoms with Crippen molar-refractivity contribution in [2.75, 3.05) is 54.7 Å². The van der Waals surface area contributed by atoms with Crippen LogP contribution in [0.1, 0.15) is 48.0 Å². The van der Waals surface area contributed by atoms with Crippen molar-refractivity contribution in [2.45, 2.75) is 32.1 Å². The van der Waals surface area contributed by atoms with Crippen molar-refractivity contribution in [3.63, 3.8) is 0 Å². The Balaban J connectivity index is 1.09. The van der Waals surface area contributed by atoms with Gasteiger partial charge in [-0.15, -0.1) is 0 Å². The fourth-order valence-electron chi connectivity index (χ4n) is 5.31. The number of ether oxygens (including phenoxy) is 5. The zero-order valence-corrected chi connectivity index (χ0v) is 26.7. The Bertz CT molecular complexity index is 1530. The predicted octanol–water partition coefficient (Wildman–Crippen LogP) is 7.31. The number of hydrogen-bond acceptors (Lipinski definition) is 8. The molecule has 0 bridgehead atoms. The van der Waals surface area contributed by atoms with Gasteiger partial charge >= 0.3 is 11.9 Å². The highest BCUT2D eigenvalue weighted by Gasteiger charge is 2.16. The Morgan fingerprint density at radius 3 is 1.91 bits per heavy atom. The maximum Gasteiger partial charge on any atom is 0.339 e. The molecule has 0 spiro atoms. The number of esters is 2. The number of likely N-dealkylation sites (N-methyl/N-ethyl adjacent to an activating group) is 1. The molecule has 0 fully saturated rings. The van der Waals surface area contributed by atoms with E-state index < -0.39 is 0 Å². The molecule has 0 amide bonds. The first-order valence-corrected chi connectivity index (χ1v) is 15.4. The Hall–Kier alpha value is -4.56. The summed E-state index contributed by atoms with van der Waals surface area (Å²) in [6, 6.07) is 21.5. The maximum absolute atomic E-state index is 13.2. The molecule has 0 aromatic heterocycles. The summed E-state index contributed by atoms with van der Waals surface area (Å²) in [4.78, 5) is 27.5. The molecule has 0 radical (unpaired) electrons. The lowest BCUT2D eigenvalue weighted by atomic mass is 9.97. The Labute approximate surface area is 265 Å². The number of unbranched alkanes of at least 4 members (excludes halogenated alkanes) is 4. The lowest BCUT2D eigenvalue weighted by molar-refractivity contribution is -0.137. The molecule has 4 rings (SSSR count). The van der Waals surface area contributed by atoms with Gasteiger partial charge in [0, 0.05) is 12.6 Å². The van der Waals surface area contributed by atoms with Gasteiger partial charge in [-0.3, -0.25) is 0 Å². The molecule has 0 aliphatic rings. The monoisotopic (exact) mass is 613 g/mol. The van der Waals surface area contributed by atoms with Crippen LogP contribution in [0.4, 0.5) is 0 Å². The van der Waals surface area contributed by atoms with E-state index in [-0.39, 0.29) is 11.9 Å². The van der Waals surface area contributed by atoms with Crippen LogP contribution in [0.3, 0.4) is 0 Å². The third-order valence-corrected chi connectivity index (χ3v) is 7.71. The number of fused-ring (bicyclic) bond motifs is 2. The van der Waals surface area contributed by atoms with E-state index in [9.17, 15) is 9.59 Å². The first-order chi connectivity index (χ1) is 21.9. The van der Waals surface area contributed by atoms with Crippen LogP contribution in [-0.4, -0.2) is 71.5 Å². The minimum absolute atomic E-state index is 0.284. The van der Waals surface area contributed by atoms with Crippen LogP contribution in [0.15, 0.2) is 72.8 Å². The Morgan fingerprint density at radius 1 is 0.689 bits per heavy atom. The molecule has 4 aromatic carbocycles. The second-order valence-electron chi connectivity index (χ2n) is 10.9. The van der Waals surface area contributed by atoms with Crippen molar-refractivity contribution < 1.29 is 33.3 Å². The van der Waals surface area contributed by atoms with Gasteiger partial charge in [0.1, 0.15) is 6.61 Å². The van der Waals surface area contributed by atoms with Crippen molar-refractivity contribution in [3.05, 3.63) is 83.9 Å². The van der Waals surface area contributed by atoms with Crippen molar-refractivity contribution in [1.82, 2.24) is 4.90 Å². The zero-order chi connectivity index (χ0) is 32.0. The SMILES string of the molecule is COc1cc(/C=C/C(=O)OCCCCCCCN(C)CCOC(=O)c2c3ccccc3cc3ccccc23)cc(OC)c1OC. The largest absolute Gasteiger partial charge is 0.493 e. The molecule has 8 heteroatoms. The van der Waals surface area contributed by atoms with Crippen molar-refractivity contribution in [1.29, 1.82) is 0 Å². The van der Waals surface area contributed by atoms with Crippen LogP contribution in [0.5, 0.6) is 17.2 Å². The molecule has 0 heterocycles. The molecule has 4 aromatic rings. The number of carbonyl (C=O) groups excluding carboxylic acids is 2. The van der Waals surface area contributed by atoms with Gasteiger partial charge in [-0.2, -0.15) is 0 Å². The van der Waals surface area contributed by atoms with Crippen LogP contribution in [0.2, 0.25) is 0 Å². The number of carbonyl (C=O) groups is 2. The third-order valence-electron chi connectivity index (χ3n) is 7.71. The van der Waals surface area contributed by atoms with Gasteiger partial charge in [0.2, 0.25) is 5.75 Å². The highest BCUT2D eigenvalue weighted by atomic mass is 16.5. The van der Waals surface area contributed by atoms with Crippen molar-refractivity contribution in [2.24, 2.45) is 0 Å². The second kappa shape index (κ2) is 17.1. The third kappa shape index (κ3) is 9.22. The topological polar surface area (TPSA) is 83.5 Å². The first kappa shape index (κ1) is 33.3. The van der Waals surface area contributed by atoms with Crippen LogP contribution >= 0.6 is 0 Å². The van der Waals surface area contributed by atoms with Gasteiger partial charge in [-0.25, -0.2) is 9.59 Å². The van der Waals surface area contributed by atoms with Crippen LogP contribution < -0.4 is 14.2 Å². The summed E-state index contributed by atoms with van der Waals surface area (Å²) >= 11 is 0. The first-order valence-electron chi connectivity index (χ1n) is 15.4. The lowest BCUT2D eigenvalue weighted by Crippen LogP contribution is -2.25. The van der Waals surface area contributed by atoms with Gasteiger partial charge in [0.15, 0.2) is 11.5 Å². The summed E-state index contributed by atoms with van der Waals surface area (Å²) in [7, 11) is 6.69. The van der Waals surface area contributed by atoms with Crippen LogP contribution in [0, 0.1) is 0 Å². The van der Waals surface area contributed by atoms with E-state index in [0.717, 1.165) is 65.8 Å². The standard InChI is InChI=1S/C37H43NO7/c1-38(21-23-45-37(40)35-30-16-10-8-14-28(30)26-29-15-9-11-17-31(29)35)20-12-6-5-7-13-22-44-34(39)19-18-27-24-32(41-2)36(43-4)33(25-27)42-3/h8-11,14-19,24-26H,5-7,12-13,20-23H2,1-4H3/b19-18+. The van der Waals surface area contributed by atoms with E-state index in [0.29, 0.717) is 42.6 Å². The molecule has 0 unspecified atom stereocenters. The number of nitrogens with zero attached hydrogens (tertiary/aromatic N) is 1. The number of rotatable bonds is 17. The van der Waals surface area contributed by atoms with Crippen LogP contribution in [0.25, 0.3) is 27.6 Å². The molecule has 0 N–H and O–H groups in total. The lowest BCUT2D eigenvalue weighted by Gasteiger charge is -2.17. The number of methoxy groups -OCH3 is 3. The van der Waals surface area contributed by atoms with Gasteiger partial charge in [0.25, 0.3) is 0 Å². The smallest absolute Gasteiger partial charge is 0.339 e. The molecule has 238 valence electrons. The van der Waals surface area contributed by atoms with Gasteiger partial charge in [-0.1, -0.05) is 67.8 Å². The highest BCUT2D eigenvalue weighted by molar-refractivity contribution is 6.16. The van der Waals surface area contributed by atoms with Gasteiger partial charge in [-0.05, 0) is 77.8 Å². The average molecular weight is 614 g/mol. The zero-order valence-electron chi connectivity index (χ0n) is 26.7. The second-order valence-corrected chi connectivity index (χ2v) is 10.9. The molecular formula is C37H43NO7. The fourth-order valence-corrected chi connectivity index (χ4v) is 5.31. The molecule has 0 saturated heterocycles. The van der Waals surface area contributed by atoms with Crippen molar-refractivity contribution in [3.8, 4) is 17.2 Å². The summed E-state index contributed by atoms with van der Waals surface area (Å²) in [6.07, 6.45) is 8.07. The maximum atomic E-state index is 13.2. The molecule has 0 atom stereocenters. The summed E-state index contributed by atoms with van der Waals surface area (Å²) < 4.78 is 27.1. The summed E-state index contributed by atoms with van der Waals surface area (Å²) in [5.41, 5.74) is 1.37. The van der Waals surface area contributed by atoms with Crippen LogP contribution in [-0.2, 0) is 14.3 Å². The minimum atomic E-state index is -0.389. The molecular weight excluding hydrogens is 570 g/mol. The highest BCUT2D eigenvalue weighted by Crippen LogP contribution is 2.38. The molecule has 8 nitrogen and oxygen atoms in total. The summed E-state index contributed by atoms with van der Waals surface area (Å²) in [6.45, 7) is 2.32. The van der Waals surface area contributed by atoms with E-state index in [1.165, 1.54) is 6.08 Å². The van der Waals surface area contributed by atoms with Gasteiger partial charge < -0.3 is 28.6 Å². The number of benzene rings is 4. The van der Waals surface area contributed by atoms with E-state index in [1.807, 2.05) is 55.6 Å². The molecule has 0 saturated carbocycles. The quantitative estimate of drug-likeness (QED) is 0.0531. The average Bonchev–Trinajstić information content (AvgIpc) is 3.06. The number of hydrogen-bond donors (Lipinski definition) is 0. The van der Waals surface area contributed by atoms with E-state index in [1.54, 1.807) is 39.5 Å². The minimum Gasteiger partial charge on any atom is -0.493 e. The van der Waals surface area contributed by atoms with Gasteiger partial charge in [0.05, 0.1) is 33.5 Å². The normalized spacial score (nSPS) is 11.3. The van der Waals surface area contributed by atoms with E-state index in [4.69, 9.17) is 23.7 Å². The van der Waals surface area contributed by atoms with Crippen molar-refractivity contribution >= 4 is 39.6 Å². The Kier molecular flexibility index (Phi) is 12.6. The Morgan fingerprint density at radius 2 is 1.29 bits per heavy atom. The molecule has 0 aliphatic carbocycles. The molecule has 0 aliphatic heterocycles. The summed E-state index contributed by atoms with van der Waals surface area (Å²) in [5, 5.41) is 3.89. The molecule has 45 heavy (non-hydrogen) atoms. The van der Waals surface area contributed by atoms with E-state index in [2.05, 4.69) is 11.0 Å². The fraction of sp³-hybridized carbons (Fsp3) is 0.351. The van der Waals surface area contributed by atoms with E-state index >= 15 is 0 Å². The predicted molar refractivity (Wildman–Crippen MR) is 178 cm³/mol. The summed E-state index contributed by atoms with van der Waals surface area (Å²) in [5.74, 6) is 0.863.